The minimum absolute atomic E-state index is 0.0753. The van der Waals surface area contributed by atoms with Gasteiger partial charge in [-0.1, -0.05) is 190 Å². The summed E-state index contributed by atoms with van der Waals surface area (Å²) >= 11 is 0. The molecule has 1 aliphatic carbocycles. The van der Waals surface area contributed by atoms with E-state index in [1.807, 2.05) is 18.2 Å². The molecule has 2 nitrogen and oxygen atoms in total. The second-order valence-corrected chi connectivity index (χ2v) is 16.2. The first kappa shape index (κ1) is 34.8. The molecule has 0 fully saturated rings. The summed E-state index contributed by atoms with van der Waals surface area (Å²) in [5, 5.41) is 4.93. The fraction of sp³-hybridized carbons (Fsp3) is 0.0526. The van der Waals surface area contributed by atoms with Gasteiger partial charge in [-0.05, 0) is 108 Å². The second-order valence-electron chi connectivity index (χ2n) is 16.2. The predicted molar refractivity (Wildman–Crippen MR) is 247 cm³/mol. The van der Waals surface area contributed by atoms with E-state index < -0.39 is 0 Å². The maximum Gasteiger partial charge on any atom is 0.160 e. The third-order valence-electron chi connectivity index (χ3n) is 12.3. The van der Waals surface area contributed by atoms with Crippen LogP contribution in [0.15, 0.2) is 206 Å². The standard InChI is InChI=1S/C57H40N2/c1-57(2)52-31-28-45(34-50(52)51-33-43-18-9-10-19-44(43)35-53(51)57)46-29-30-49(48-23-12-11-22-47(46)48)55-36-54(58-56(59-55)40-16-7-4-8-17-40)39-26-24-38(25-27-39)42-21-13-20-41(32-42)37-14-5-3-6-15-37/h3-36H,1-2H3. The van der Waals surface area contributed by atoms with E-state index in [0.717, 1.165) is 39.0 Å². The van der Waals surface area contributed by atoms with E-state index in [4.69, 9.17) is 9.97 Å². The molecule has 10 aromatic rings. The molecule has 0 saturated heterocycles. The van der Waals surface area contributed by atoms with Gasteiger partial charge in [0.2, 0.25) is 0 Å². The van der Waals surface area contributed by atoms with Crippen molar-refractivity contribution in [2.45, 2.75) is 19.3 Å². The Morgan fingerprint density at radius 2 is 0.831 bits per heavy atom. The van der Waals surface area contributed by atoms with Gasteiger partial charge in [0.1, 0.15) is 0 Å². The van der Waals surface area contributed by atoms with E-state index in [2.05, 4.69) is 202 Å². The van der Waals surface area contributed by atoms with E-state index in [9.17, 15) is 0 Å². The van der Waals surface area contributed by atoms with E-state index >= 15 is 0 Å². The molecule has 278 valence electrons. The van der Waals surface area contributed by atoms with Gasteiger partial charge in [-0.15, -0.1) is 0 Å². The van der Waals surface area contributed by atoms with E-state index in [1.54, 1.807) is 0 Å². The Morgan fingerprint density at radius 3 is 1.56 bits per heavy atom. The summed E-state index contributed by atoms with van der Waals surface area (Å²) in [5.74, 6) is 0.707. The van der Waals surface area contributed by atoms with Gasteiger partial charge in [0.15, 0.2) is 5.82 Å². The average Bonchev–Trinajstić information content (AvgIpc) is 3.52. The second kappa shape index (κ2) is 13.9. The smallest absolute Gasteiger partial charge is 0.160 e. The SMILES string of the molecule is CC1(C)c2ccc(-c3ccc(-c4cc(-c5ccc(-c6cccc(-c7ccccc7)c6)cc5)nc(-c5ccccc5)n4)c4ccccc34)cc2-c2cc3ccccc3cc21. The molecule has 0 saturated carbocycles. The molecule has 0 spiro atoms. The van der Waals surface area contributed by atoms with E-state index in [1.165, 1.54) is 66.2 Å². The summed E-state index contributed by atoms with van der Waals surface area (Å²) in [5.41, 5.74) is 17.4. The van der Waals surface area contributed by atoms with E-state index in [-0.39, 0.29) is 5.41 Å². The van der Waals surface area contributed by atoms with Crippen LogP contribution in [0, 0.1) is 0 Å². The molecule has 0 radical (unpaired) electrons. The third-order valence-corrected chi connectivity index (χ3v) is 12.3. The van der Waals surface area contributed by atoms with Crippen LogP contribution < -0.4 is 0 Å². The van der Waals surface area contributed by atoms with Gasteiger partial charge in [0.25, 0.3) is 0 Å². The molecule has 0 bridgehead atoms. The molecule has 0 amide bonds. The molecule has 1 heterocycles. The number of hydrogen-bond donors (Lipinski definition) is 0. The van der Waals surface area contributed by atoms with Crippen LogP contribution in [0.2, 0.25) is 0 Å². The van der Waals surface area contributed by atoms with Crippen molar-refractivity contribution in [2.75, 3.05) is 0 Å². The first-order chi connectivity index (χ1) is 29.0. The molecule has 2 heteroatoms. The highest BCUT2D eigenvalue weighted by atomic mass is 14.9. The Bertz CT molecular complexity index is 3220. The number of hydrogen-bond acceptors (Lipinski definition) is 2. The number of fused-ring (bicyclic) bond motifs is 5. The Morgan fingerprint density at radius 1 is 0.305 bits per heavy atom. The Balaban J connectivity index is 1.01. The fourth-order valence-corrected chi connectivity index (χ4v) is 9.17. The molecule has 0 atom stereocenters. The van der Waals surface area contributed by atoms with Crippen LogP contribution in [0.25, 0.3) is 100.0 Å². The normalized spacial score (nSPS) is 12.7. The number of rotatable bonds is 6. The van der Waals surface area contributed by atoms with Crippen molar-refractivity contribution in [1.82, 2.24) is 9.97 Å². The van der Waals surface area contributed by atoms with Gasteiger partial charge in [-0.3, -0.25) is 0 Å². The number of nitrogens with zero attached hydrogens (tertiary/aromatic N) is 2. The van der Waals surface area contributed by atoms with Crippen LogP contribution in [-0.4, -0.2) is 9.97 Å². The van der Waals surface area contributed by atoms with Crippen LogP contribution in [-0.2, 0) is 5.41 Å². The summed E-state index contributed by atoms with van der Waals surface area (Å²) < 4.78 is 0. The van der Waals surface area contributed by atoms with Gasteiger partial charge < -0.3 is 0 Å². The number of benzene rings is 9. The maximum atomic E-state index is 5.26. The molecule has 9 aromatic carbocycles. The zero-order valence-electron chi connectivity index (χ0n) is 33.0. The minimum atomic E-state index is -0.0753. The monoisotopic (exact) mass is 752 g/mol. The lowest BCUT2D eigenvalue weighted by atomic mass is 9.81. The van der Waals surface area contributed by atoms with Crippen molar-refractivity contribution < 1.29 is 0 Å². The largest absolute Gasteiger partial charge is 0.228 e. The number of aromatic nitrogens is 2. The highest BCUT2D eigenvalue weighted by molar-refractivity contribution is 6.05. The highest BCUT2D eigenvalue weighted by Crippen LogP contribution is 2.51. The molecule has 0 unspecified atom stereocenters. The van der Waals surface area contributed by atoms with Crippen molar-refractivity contribution in [2.24, 2.45) is 0 Å². The lowest BCUT2D eigenvalue weighted by Crippen LogP contribution is -2.14. The summed E-state index contributed by atoms with van der Waals surface area (Å²) in [4.78, 5) is 10.4. The molecule has 0 aliphatic heterocycles. The summed E-state index contributed by atoms with van der Waals surface area (Å²) in [6.07, 6.45) is 0. The van der Waals surface area contributed by atoms with Crippen LogP contribution >= 0.6 is 0 Å². The molecule has 59 heavy (non-hydrogen) atoms. The highest BCUT2D eigenvalue weighted by Gasteiger charge is 2.36. The fourth-order valence-electron chi connectivity index (χ4n) is 9.17. The molecular weight excluding hydrogens is 713 g/mol. The minimum Gasteiger partial charge on any atom is -0.228 e. The van der Waals surface area contributed by atoms with Gasteiger partial charge >= 0.3 is 0 Å². The van der Waals surface area contributed by atoms with Crippen molar-refractivity contribution in [3.8, 4) is 78.4 Å². The van der Waals surface area contributed by atoms with Gasteiger partial charge in [-0.2, -0.15) is 0 Å². The van der Waals surface area contributed by atoms with Crippen LogP contribution in [0.1, 0.15) is 25.0 Å². The quantitative estimate of drug-likeness (QED) is 0.169. The molecular formula is C57H40N2. The Kier molecular flexibility index (Phi) is 8.20. The lowest BCUT2D eigenvalue weighted by molar-refractivity contribution is 0.661. The first-order valence-corrected chi connectivity index (χ1v) is 20.4. The first-order valence-electron chi connectivity index (χ1n) is 20.4. The predicted octanol–water partition coefficient (Wildman–Crippen LogP) is 15.1. The third kappa shape index (κ3) is 6.04. The average molecular weight is 753 g/mol. The van der Waals surface area contributed by atoms with Crippen molar-refractivity contribution in [3.05, 3.63) is 217 Å². The summed E-state index contributed by atoms with van der Waals surface area (Å²) in [7, 11) is 0. The van der Waals surface area contributed by atoms with Crippen molar-refractivity contribution in [3.63, 3.8) is 0 Å². The van der Waals surface area contributed by atoms with Crippen molar-refractivity contribution in [1.29, 1.82) is 0 Å². The topological polar surface area (TPSA) is 25.8 Å². The van der Waals surface area contributed by atoms with Crippen LogP contribution in [0.4, 0.5) is 0 Å². The van der Waals surface area contributed by atoms with Crippen LogP contribution in [0.5, 0.6) is 0 Å². The van der Waals surface area contributed by atoms with Gasteiger partial charge in [0.05, 0.1) is 11.4 Å². The zero-order valence-corrected chi connectivity index (χ0v) is 33.0. The maximum absolute atomic E-state index is 5.26. The zero-order chi connectivity index (χ0) is 39.5. The van der Waals surface area contributed by atoms with E-state index in [0.29, 0.717) is 5.82 Å². The Hall–Kier alpha value is -7.42. The Labute approximate surface area is 345 Å². The molecule has 1 aromatic heterocycles. The molecule has 1 aliphatic rings. The molecule has 0 N–H and O–H groups in total. The van der Waals surface area contributed by atoms with Gasteiger partial charge in [0, 0.05) is 22.1 Å². The van der Waals surface area contributed by atoms with Crippen molar-refractivity contribution >= 4 is 21.5 Å². The molecule has 11 rings (SSSR count). The summed E-state index contributed by atoms with van der Waals surface area (Å²) in [6, 6.07) is 74.4. The lowest BCUT2D eigenvalue weighted by Gasteiger charge is -2.22. The summed E-state index contributed by atoms with van der Waals surface area (Å²) in [6.45, 7) is 4.71. The van der Waals surface area contributed by atoms with Crippen LogP contribution in [0.3, 0.4) is 0 Å². The van der Waals surface area contributed by atoms with Gasteiger partial charge in [-0.25, -0.2) is 9.97 Å².